The van der Waals surface area contributed by atoms with Crippen LogP contribution >= 0.6 is 0 Å². The molecule has 0 aromatic carbocycles. The van der Waals surface area contributed by atoms with Gasteiger partial charge in [-0.05, 0) is 18.8 Å². The number of carbonyl (C=O) groups excluding carboxylic acids is 1. The molecule has 0 aliphatic carbocycles. The van der Waals surface area contributed by atoms with Gasteiger partial charge in [0.15, 0.2) is 0 Å². The van der Waals surface area contributed by atoms with Crippen LogP contribution in [0.1, 0.15) is 35.8 Å². The van der Waals surface area contributed by atoms with Crippen molar-refractivity contribution in [2.24, 2.45) is 13.0 Å². The summed E-state index contributed by atoms with van der Waals surface area (Å²) in [5, 5.41) is 4.14. The molecule has 0 spiro atoms. The average Bonchev–Trinajstić information content (AvgIpc) is 3.11. The first-order chi connectivity index (χ1) is 11.1. The minimum absolute atomic E-state index is 0.0495. The lowest BCUT2D eigenvalue weighted by atomic mass is 10.0. The van der Waals surface area contributed by atoms with Crippen molar-refractivity contribution in [1.82, 2.24) is 19.7 Å². The van der Waals surface area contributed by atoms with Crippen LogP contribution in [0.15, 0.2) is 18.6 Å². The van der Waals surface area contributed by atoms with Crippen LogP contribution in [0.25, 0.3) is 0 Å². The Kier molecular flexibility index (Phi) is 3.28. The Morgan fingerprint density at radius 1 is 1.30 bits per heavy atom. The highest BCUT2D eigenvalue weighted by Gasteiger charge is 2.32. The van der Waals surface area contributed by atoms with E-state index in [0.717, 1.165) is 30.4 Å². The van der Waals surface area contributed by atoms with E-state index in [1.807, 2.05) is 13.2 Å². The van der Waals surface area contributed by atoms with Gasteiger partial charge in [0.1, 0.15) is 0 Å². The van der Waals surface area contributed by atoms with Gasteiger partial charge in [-0.25, -0.2) is 9.97 Å². The van der Waals surface area contributed by atoms with E-state index in [1.54, 1.807) is 22.0 Å². The van der Waals surface area contributed by atoms with Gasteiger partial charge in [-0.2, -0.15) is 5.10 Å². The first-order valence-corrected chi connectivity index (χ1v) is 8.03. The molecule has 120 valence electrons. The van der Waals surface area contributed by atoms with E-state index >= 15 is 0 Å². The van der Waals surface area contributed by atoms with Gasteiger partial charge in [-0.15, -0.1) is 0 Å². The predicted octanol–water partition coefficient (Wildman–Crippen LogP) is 1.61. The summed E-state index contributed by atoms with van der Waals surface area (Å²) in [6.07, 6.45) is 7.64. The van der Waals surface area contributed by atoms with Gasteiger partial charge in [0.05, 0.1) is 29.7 Å². The number of carbonyl (C=O) groups is 1. The highest BCUT2D eigenvalue weighted by molar-refractivity contribution is 6.09. The summed E-state index contributed by atoms with van der Waals surface area (Å²) in [4.78, 5) is 25.6. The Bertz CT molecular complexity index is 755. The van der Waals surface area contributed by atoms with Crippen molar-refractivity contribution in [1.29, 1.82) is 0 Å². The van der Waals surface area contributed by atoms with Crippen LogP contribution in [-0.2, 0) is 13.6 Å². The Morgan fingerprint density at radius 2 is 2.17 bits per heavy atom. The lowest BCUT2D eigenvalue weighted by Crippen LogP contribution is -2.35. The minimum Gasteiger partial charge on any atom is -0.341 e. The van der Waals surface area contributed by atoms with E-state index in [9.17, 15) is 4.79 Å². The second-order valence-electron chi connectivity index (χ2n) is 6.49. The fourth-order valence-electron chi connectivity index (χ4n) is 3.35. The van der Waals surface area contributed by atoms with Crippen molar-refractivity contribution in [3.8, 4) is 0 Å². The number of aryl methyl sites for hydroxylation is 1. The zero-order chi connectivity index (χ0) is 16.0. The summed E-state index contributed by atoms with van der Waals surface area (Å²) in [7, 11) is 1.84. The molecule has 2 aliphatic heterocycles. The van der Waals surface area contributed by atoms with Crippen LogP contribution in [0.4, 0.5) is 11.6 Å². The Morgan fingerprint density at radius 3 is 2.91 bits per heavy atom. The van der Waals surface area contributed by atoms with Crippen molar-refractivity contribution in [3.63, 3.8) is 0 Å². The largest absolute Gasteiger partial charge is 0.341 e. The first kappa shape index (κ1) is 14.2. The fourth-order valence-corrected chi connectivity index (χ4v) is 3.35. The van der Waals surface area contributed by atoms with Crippen molar-refractivity contribution in [3.05, 3.63) is 29.8 Å². The van der Waals surface area contributed by atoms with Crippen LogP contribution in [0.5, 0.6) is 0 Å². The quantitative estimate of drug-likeness (QED) is 0.843. The monoisotopic (exact) mass is 312 g/mol. The molecule has 4 heterocycles. The van der Waals surface area contributed by atoms with Crippen molar-refractivity contribution in [2.45, 2.75) is 26.3 Å². The predicted molar refractivity (Wildman–Crippen MR) is 86.4 cm³/mol. The van der Waals surface area contributed by atoms with E-state index in [4.69, 9.17) is 0 Å². The van der Waals surface area contributed by atoms with Crippen molar-refractivity contribution < 1.29 is 4.79 Å². The third kappa shape index (κ3) is 2.46. The molecule has 1 atom stereocenters. The third-order valence-electron chi connectivity index (χ3n) is 4.58. The van der Waals surface area contributed by atoms with Gasteiger partial charge >= 0.3 is 0 Å². The number of piperidine rings is 1. The molecule has 0 radical (unpaired) electrons. The molecular weight excluding hydrogens is 292 g/mol. The molecule has 0 unspecified atom stereocenters. The van der Waals surface area contributed by atoms with Gasteiger partial charge in [0, 0.05) is 32.5 Å². The van der Waals surface area contributed by atoms with Gasteiger partial charge in [-0.3, -0.25) is 14.4 Å². The van der Waals surface area contributed by atoms with Crippen LogP contribution in [0, 0.1) is 5.92 Å². The molecule has 23 heavy (non-hydrogen) atoms. The number of rotatable bonds is 2. The summed E-state index contributed by atoms with van der Waals surface area (Å²) < 4.78 is 1.69. The normalized spacial score (nSPS) is 21.0. The standard InChI is InChI=1S/C16H20N6O/c1-11-4-3-5-21(8-11)16-17-7-13-14(19-16)10-22(15(13)23)12-6-18-20(2)9-12/h6-7,9,11H,3-5,8,10H2,1-2H3/t11-/m0/s1. The average molecular weight is 312 g/mol. The summed E-state index contributed by atoms with van der Waals surface area (Å²) in [6, 6.07) is 0. The van der Waals surface area contributed by atoms with E-state index in [0.29, 0.717) is 18.0 Å². The molecule has 2 aliphatic rings. The number of anilines is 2. The Balaban J connectivity index is 1.61. The molecule has 1 amide bonds. The van der Waals surface area contributed by atoms with Crippen LogP contribution < -0.4 is 9.80 Å². The smallest absolute Gasteiger partial charge is 0.262 e. The number of fused-ring (bicyclic) bond motifs is 1. The van der Waals surface area contributed by atoms with E-state index in [-0.39, 0.29) is 5.91 Å². The summed E-state index contributed by atoms with van der Waals surface area (Å²) in [5.74, 6) is 1.36. The molecule has 2 aromatic heterocycles. The second-order valence-corrected chi connectivity index (χ2v) is 6.49. The Hall–Kier alpha value is -2.44. The number of amides is 1. The molecule has 2 aromatic rings. The topological polar surface area (TPSA) is 67.2 Å². The number of hydrogen-bond acceptors (Lipinski definition) is 5. The van der Waals surface area contributed by atoms with Gasteiger partial charge < -0.3 is 4.90 Å². The molecule has 0 bridgehead atoms. The highest BCUT2D eigenvalue weighted by atomic mass is 16.2. The van der Waals surface area contributed by atoms with Gasteiger partial charge in [0.2, 0.25) is 5.95 Å². The number of aromatic nitrogens is 4. The van der Waals surface area contributed by atoms with E-state index in [1.165, 1.54) is 12.8 Å². The van der Waals surface area contributed by atoms with E-state index in [2.05, 4.69) is 26.9 Å². The first-order valence-electron chi connectivity index (χ1n) is 8.03. The van der Waals surface area contributed by atoms with Crippen LogP contribution in [-0.4, -0.2) is 38.7 Å². The molecule has 7 nitrogen and oxygen atoms in total. The lowest BCUT2D eigenvalue weighted by Gasteiger charge is -2.30. The second kappa shape index (κ2) is 5.33. The highest BCUT2D eigenvalue weighted by Crippen LogP contribution is 2.28. The molecule has 0 N–H and O–H groups in total. The summed E-state index contributed by atoms with van der Waals surface area (Å²) in [6.45, 7) is 4.72. The zero-order valence-electron chi connectivity index (χ0n) is 13.4. The van der Waals surface area contributed by atoms with Gasteiger partial charge in [0.25, 0.3) is 5.91 Å². The van der Waals surface area contributed by atoms with Gasteiger partial charge in [-0.1, -0.05) is 6.92 Å². The SMILES string of the molecule is C[C@H]1CCCN(c2ncc3c(n2)CN(c2cnn(C)c2)C3=O)C1. The Labute approximate surface area is 134 Å². The summed E-state index contributed by atoms with van der Waals surface area (Å²) in [5.41, 5.74) is 2.20. The molecule has 0 saturated carbocycles. The molecule has 4 rings (SSSR count). The number of nitrogens with zero attached hydrogens (tertiary/aromatic N) is 6. The maximum Gasteiger partial charge on any atom is 0.262 e. The molecule has 7 heteroatoms. The lowest BCUT2D eigenvalue weighted by molar-refractivity contribution is 0.0996. The van der Waals surface area contributed by atoms with Crippen molar-refractivity contribution >= 4 is 17.5 Å². The van der Waals surface area contributed by atoms with E-state index < -0.39 is 0 Å². The fraction of sp³-hybridized carbons (Fsp3) is 0.500. The maximum absolute atomic E-state index is 12.5. The number of hydrogen-bond donors (Lipinski definition) is 0. The molecule has 1 fully saturated rings. The maximum atomic E-state index is 12.5. The minimum atomic E-state index is -0.0495. The van der Waals surface area contributed by atoms with Crippen molar-refractivity contribution in [2.75, 3.05) is 22.9 Å². The third-order valence-corrected chi connectivity index (χ3v) is 4.58. The van der Waals surface area contributed by atoms with Crippen LogP contribution in [0.3, 0.4) is 0 Å². The molecular formula is C16H20N6O. The molecule has 1 saturated heterocycles. The van der Waals surface area contributed by atoms with Crippen LogP contribution in [0.2, 0.25) is 0 Å². The summed E-state index contributed by atoms with van der Waals surface area (Å²) >= 11 is 0. The zero-order valence-corrected chi connectivity index (χ0v) is 13.4.